The van der Waals surface area contributed by atoms with Crippen LogP contribution < -0.4 is 17.0 Å². The normalized spacial score (nSPS) is 15.3. The van der Waals surface area contributed by atoms with E-state index in [4.69, 9.17) is 16.5 Å². The molecule has 140 valence electrons. The summed E-state index contributed by atoms with van der Waals surface area (Å²) in [5, 5.41) is 1.34. The van der Waals surface area contributed by atoms with Crippen LogP contribution >= 0.6 is 11.8 Å². The first-order valence-electron chi connectivity index (χ1n) is 9.02. The Labute approximate surface area is 160 Å². The number of nitrogens with zero attached hydrogens (tertiary/aromatic N) is 5. The third-order valence-corrected chi connectivity index (χ3v) is 5.71. The van der Waals surface area contributed by atoms with Gasteiger partial charge in [0.1, 0.15) is 5.82 Å². The lowest BCUT2D eigenvalue weighted by Crippen LogP contribution is -2.29. The molecule has 0 saturated heterocycles. The van der Waals surface area contributed by atoms with Crippen molar-refractivity contribution in [3.8, 4) is 0 Å². The van der Waals surface area contributed by atoms with E-state index >= 15 is 0 Å². The van der Waals surface area contributed by atoms with Crippen molar-refractivity contribution in [2.75, 3.05) is 11.5 Å². The Hall–Kier alpha value is -2.68. The summed E-state index contributed by atoms with van der Waals surface area (Å²) in [6.45, 7) is 0. The zero-order valence-corrected chi connectivity index (χ0v) is 15.7. The van der Waals surface area contributed by atoms with Gasteiger partial charge in [0, 0.05) is 6.04 Å². The fourth-order valence-corrected chi connectivity index (χ4v) is 4.46. The molecule has 1 fully saturated rings. The Morgan fingerprint density at radius 3 is 2.44 bits per heavy atom. The van der Waals surface area contributed by atoms with Crippen LogP contribution in [0.5, 0.6) is 0 Å². The number of aromatic nitrogens is 5. The summed E-state index contributed by atoms with van der Waals surface area (Å²) in [5.74, 6) is 1.07. The van der Waals surface area contributed by atoms with Crippen molar-refractivity contribution in [2.45, 2.75) is 49.1 Å². The molecular weight excluding hydrogens is 362 g/mol. The molecule has 3 aromatic rings. The predicted octanol–water partition coefficient (Wildman–Crippen LogP) is 2.54. The van der Waals surface area contributed by atoms with Gasteiger partial charge in [-0.2, -0.15) is 15.0 Å². The lowest BCUT2D eigenvalue weighted by Gasteiger charge is -2.26. The molecule has 2 aromatic heterocycles. The number of nitrogens with two attached hydrogens (primary N) is 2. The fraction of sp³-hybridized carbons (Fsp3) is 0.389. The average molecular weight is 383 g/mol. The molecule has 4 N–H and O–H groups in total. The van der Waals surface area contributed by atoms with Gasteiger partial charge in [-0.1, -0.05) is 43.2 Å². The second-order valence-electron chi connectivity index (χ2n) is 6.64. The summed E-state index contributed by atoms with van der Waals surface area (Å²) in [6, 6.07) is 7.65. The maximum atomic E-state index is 13.2. The molecule has 9 heteroatoms. The van der Waals surface area contributed by atoms with Crippen LogP contribution in [0, 0.1) is 0 Å². The molecule has 0 atom stereocenters. The van der Waals surface area contributed by atoms with Crippen molar-refractivity contribution in [1.29, 1.82) is 0 Å². The van der Waals surface area contributed by atoms with Crippen LogP contribution in [0.4, 0.5) is 11.9 Å². The van der Waals surface area contributed by atoms with E-state index in [1.807, 2.05) is 28.8 Å². The van der Waals surface area contributed by atoms with Gasteiger partial charge in [-0.15, -0.1) is 0 Å². The Morgan fingerprint density at radius 1 is 1.00 bits per heavy atom. The number of hydrogen-bond acceptors (Lipinski definition) is 8. The second kappa shape index (κ2) is 7.51. The largest absolute Gasteiger partial charge is 0.368 e. The van der Waals surface area contributed by atoms with Gasteiger partial charge in [-0.05, 0) is 25.0 Å². The van der Waals surface area contributed by atoms with Crippen molar-refractivity contribution in [3.63, 3.8) is 0 Å². The van der Waals surface area contributed by atoms with Crippen LogP contribution in [0.1, 0.15) is 44.0 Å². The van der Waals surface area contributed by atoms with Gasteiger partial charge in [-0.3, -0.25) is 9.36 Å². The first kappa shape index (κ1) is 17.7. The monoisotopic (exact) mass is 383 g/mol. The molecule has 2 heterocycles. The molecule has 8 nitrogen and oxygen atoms in total. The predicted molar refractivity (Wildman–Crippen MR) is 106 cm³/mol. The Morgan fingerprint density at radius 2 is 1.70 bits per heavy atom. The quantitative estimate of drug-likeness (QED) is 0.520. The van der Waals surface area contributed by atoms with E-state index in [2.05, 4.69) is 15.0 Å². The zero-order chi connectivity index (χ0) is 18.8. The van der Waals surface area contributed by atoms with Crippen molar-refractivity contribution in [3.05, 3.63) is 40.4 Å². The number of rotatable bonds is 4. The molecule has 0 aliphatic heterocycles. The molecule has 0 spiro atoms. The lowest BCUT2D eigenvalue weighted by molar-refractivity contribution is 0.326. The van der Waals surface area contributed by atoms with Crippen molar-refractivity contribution in [1.82, 2.24) is 24.5 Å². The highest BCUT2D eigenvalue weighted by atomic mass is 32.2. The van der Waals surface area contributed by atoms with Gasteiger partial charge in [0.25, 0.3) is 5.56 Å². The number of hydrogen-bond donors (Lipinski definition) is 2. The molecule has 0 amide bonds. The number of nitrogen functional groups attached to an aromatic ring is 2. The molecule has 1 aliphatic rings. The zero-order valence-electron chi connectivity index (χ0n) is 14.8. The number of thioether (sulfide) groups is 1. The van der Waals surface area contributed by atoms with Gasteiger partial charge >= 0.3 is 0 Å². The van der Waals surface area contributed by atoms with Crippen LogP contribution in [0.25, 0.3) is 10.9 Å². The minimum Gasteiger partial charge on any atom is -0.368 e. The second-order valence-corrected chi connectivity index (χ2v) is 7.58. The molecule has 0 bridgehead atoms. The summed E-state index contributed by atoms with van der Waals surface area (Å²) >= 11 is 1.43. The van der Waals surface area contributed by atoms with Gasteiger partial charge in [0.05, 0.1) is 16.7 Å². The van der Waals surface area contributed by atoms with E-state index in [1.54, 1.807) is 0 Å². The number of para-hydroxylation sites is 1. The lowest BCUT2D eigenvalue weighted by atomic mass is 9.95. The molecule has 1 saturated carbocycles. The smallest absolute Gasteiger partial charge is 0.262 e. The van der Waals surface area contributed by atoms with Crippen LogP contribution in [0.15, 0.2) is 34.2 Å². The van der Waals surface area contributed by atoms with Crippen molar-refractivity contribution < 1.29 is 0 Å². The Balaban J connectivity index is 1.74. The highest BCUT2D eigenvalue weighted by Gasteiger charge is 2.22. The van der Waals surface area contributed by atoms with Crippen LogP contribution in [-0.2, 0) is 5.75 Å². The summed E-state index contributed by atoms with van der Waals surface area (Å²) in [5.41, 5.74) is 12.0. The van der Waals surface area contributed by atoms with E-state index < -0.39 is 0 Å². The van der Waals surface area contributed by atoms with E-state index in [1.165, 1.54) is 18.2 Å². The van der Waals surface area contributed by atoms with Gasteiger partial charge in [-0.25, -0.2) is 4.98 Å². The Kier molecular flexibility index (Phi) is 4.93. The molecule has 0 radical (unpaired) electrons. The van der Waals surface area contributed by atoms with Crippen LogP contribution in [-0.4, -0.2) is 24.5 Å². The molecule has 27 heavy (non-hydrogen) atoms. The average Bonchev–Trinajstić information content (AvgIpc) is 2.66. The van der Waals surface area contributed by atoms with Gasteiger partial charge < -0.3 is 11.5 Å². The van der Waals surface area contributed by atoms with Crippen LogP contribution in [0.2, 0.25) is 0 Å². The topological polar surface area (TPSA) is 126 Å². The highest BCUT2D eigenvalue weighted by Crippen LogP contribution is 2.31. The summed E-state index contributed by atoms with van der Waals surface area (Å²) < 4.78 is 1.86. The molecule has 1 aromatic carbocycles. The SMILES string of the molecule is Nc1nc(N)nc(CSc2nc3ccccc3c(=O)n2C2CCCCC2)n1. The number of fused-ring (bicyclic) bond motifs is 1. The van der Waals surface area contributed by atoms with E-state index in [0.717, 1.165) is 25.7 Å². The van der Waals surface area contributed by atoms with E-state index in [9.17, 15) is 4.79 Å². The van der Waals surface area contributed by atoms with Gasteiger partial charge in [0.15, 0.2) is 5.16 Å². The molecular formula is C18H21N7OS. The van der Waals surface area contributed by atoms with Crippen molar-refractivity contribution in [2.24, 2.45) is 0 Å². The summed E-state index contributed by atoms with van der Waals surface area (Å²) in [6.07, 6.45) is 5.49. The molecule has 0 unspecified atom stereocenters. The Bertz CT molecular complexity index is 1010. The van der Waals surface area contributed by atoms with E-state index in [0.29, 0.717) is 27.6 Å². The third-order valence-electron chi connectivity index (χ3n) is 4.76. The first-order chi connectivity index (χ1) is 13.1. The fourth-order valence-electron chi connectivity index (χ4n) is 3.54. The maximum Gasteiger partial charge on any atom is 0.262 e. The van der Waals surface area contributed by atoms with Gasteiger partial charge in [0.2, 0.25) is 11.9 Å². The van der Waals surface area contributed by atoms with E-state index in [-0.39, 0.29) is 23.5 Å². The maximum absolute atomic E-state index is 13.2. The third kappa shape index (κ3) is 3.73. The van der Waals surface area contributed by atoms with Crippen LogP contribution in [0.3, 0.4) is 0 Å². The van der Waals surface area contributed by atoms with Crippen molar-refractivity contribution >= 4 is 34.6 Å². The minimum absolute atomic E-state index is 0.0182. The summed E-state index contributed by atoms with van der Waals surface area (Å²) in [7, 11) is 0. The first-order valence-corrected chi connectivity index (χ1v) is 10.0. The molecule has 1 aliphatic carbocycles. The summed E-state index contributed by atoms with van der Waals surface area (Å²) in [4.78, 5) is 30.0. The minimum atomic E-state index is 0.0182. The molecule has 4 rings (SSSR count). The number of benzene rings is 1. The highest BCUT2D eigenvalue weighted by molar-refractivity contribution is 7.98. The standard InChI is InChI=1S/C18H21N7OS/c19-16-22-14(23-17(20)24-16)10-27-18-21-13-9-5-4-8-12(13)15(26)25(18)11-6-2-1-3-7-11/h4-5,8-9,11H,1-3,6-7,10H2,(H4,19,20,22,23,24). The number of anilines is 2.